The van der Waals surface area contributed by atoms with Crippen LogP contribution in [0.1, 0.15) is 62.4 Å². The maximum absolute atomic E-state index is 12.9. The Morgan fingerprint density at radius 3 is 2.63 bits per heavy atom. The largest absolute Gasteiger partial charge is 0.369 e. The quantitative estimate of drug-likeness (QED) is 0.702. The molecular weight excluding hydrogens is 358 g/mol. The van der Waals surface area contributed by atoms with Crippen molar-refractivity contribution in [2.75, 3.05) is 24.5 Å². The molecule has 1 fully saturated rings. The highest BCUT2D eigenvalue weighted by atomic mass is 35.5. The highest BCUT2D eigenvalue weighted by Gasteiger charge is 2.26. The third-order valence-corrected chi connectivity index (χ3v) is 6.10. The first kappa shape index (κ1) is 19.9. The van der Waals surface area contributed by atoms with Crippen molar-refractivity contribution < 1.29 is 4.79 Å². The summed E-state index contributed by atoms with van der Waals surface area (Å²) in [5, 5.41) is 3.70. The Morgan fingerprint density at radius 2 is 2.04 bits per heavy atom. The number of nitrogens with one attached hydrogen (secondary N) is 1. The Labute approximate surface area is 167 Å². The third-order valence-electron chi connectivity index (χ3n) is 5.88. The fourth-order valence-electron chi connectivity index (χ4n) is 3.94. The number of nitrogens with zero attached hydrogens (tertiary/aromatic N) is 2. The molecule has 0 radical (unpaired) electrons. The zero-order valence-corrected chi connectivity index (χ0v) is 17.6. The summed E-state index contributed by atoms with van der Waals surface area (Å²) in [6.07, 6.45) is 4.62. The van der Waals surface area contributed by atoms with Crippen LogP contribution in [0.15, 0.2) is 28.3 Å². The number of hydrogen-bond donors (Lipinski definition) is 1. The standard InChI is InChI=1S/C22H30ClN3O/c1-5-26(19-7-6-8-19)21-11-18(23)10-20(16(21)4)22(27)25-13-17-12-24-15(3)9-14(17)2/h10-11,19H,5-9,12-13H2,1-4H3,(H,25,27). The van der Waals surface area contributed by atoms with Gasteiger partial charge in [-0.2, -0.15) is 0 Å². The van der Waals surface area contributed by atoms with E-state index in [0.29, 0.717) is 29.7 Å². The van der Waals surface area contributed by atoms with Crippen molar-refractivity contribution in [3.05, 3.63) is 39.4 Å². The number of rotatable bonds is 6. The van der Waals surface area contributed by atoms with Gasteiger partial charge >= 0.3 is 0 Å². The minimum atomic E-state index is -0.0625. The first-order chi connectivity index (χ1) is 12.9. The molecule has 0 saturated heterocycles. The minimum Gasteiger partial charge on any atom is -0.369 e. The Morgan fingerprint density at radius 1 is 1.30 bits per heavy atom. The van der Waals surface area contributed by atoms with Crippen LogP contribution < -0.4 is 10.2 Å². The Balaban J connectivity index is 1.77. The molecule has 1 amide bonds. The minimum absolute atomic E-state index is 0.0625. The monoisotopic (exact) mass is 387 g/mol. The highest BCUT2D eigenvalue weighted by molar-refractivity contribution is 6.31. The van der Waals surface area contributed by atoms with Gasteiger partial charge in [-0.15, -0.1) is 0 Å². The second-order valence-electron chi connectivity index (χ2n) is 7.76. The summed E-state index contributed by atoms with van der Waals surface area (Å²) in [7, 11) is 0. The van der Waals surface area contributed by atoms with E-state index in [1.54, 1.807) is 6.07 Å². The van der Waals surface area contributed by atoms with Crippen molar-refractivity contribution >= 4 is 28.9 Å². The van der Waals surface area contributed by atoms with Crippen LogP contribution in [-0.4, -0.2) is 37.3 Å². The number of aliphatic imine (C=N–C) groups is 1. The summed E-state index contributed by atoms with van der Waals surface area (Å²) >= 11 is 6.39. The fraction of sp³-hybridized carbons (Fsp3) is 0.545. The van der Waals surface area contributed by atoms with Gasteiger partial charge in [0, 0.05) is 47.5 Å². The summed E-state index contributed by atoms with van der Waals surface area (Å²) in [5.74, 6) is -0.0625. The second kappa shape index (κ2) is 8.47. The molecule has 1 aliphatic carbocycles. The van der Waals surface area contributed by atoms with E-state index in [9.17, 15) is 4.79 Å². The lowest BCUT2D eigenvalue weighted by atomic mass is 9.90. The number of carbonyl (C=O) groups excluding carboxylic acids is 1. The molecule has 5 heteroatoms. The van der Waals surface area contributed by atoms with Gasteiger partial charge in [0.1, 0.15) is 0 Å². The van der Waals surface area contributed by atoms with Gasteiger partial charge in [-0.1, -0.05) is 17.2 Å². The van der Waals surface area contributed by atoms with Crippen molar-refractivity contribution in [1.82, 2.24) is 5.32 Å². The number of halogens is 1. The number of benzene rings is 1. The van der Waals surface area contributed by atoms with Crippen LogP contribution in [0.5, 0.6) is 0 Å². The number of allylic oxidation sites excluding steroid dienone is 1. The highest BCUT2D eigenvalue weighted by Crippen LogP contribution is 2.34. The molecular formula is C22H30ClN3O. The van der Waals surface area contributed by atoms with Crippen LogP contribution >= 0.6 is 11.6 Å². The van der Waals surface area contributed by atoms with Gasteiger partial charge in [0.2, 0.25) is 0 Å². The van der Waals surface area contributed by atoms with E-state index in [1.165, 1.54) is 30.4 Å². The molecule has 0 bridgehead atoms. The maximum Gasteiger partial charge on any atom is 0.251 e. The molecule has 3 rings (SSSR count). The second-order valence-corrected chi connectivity index (χ2v) is 8.20. The van der Waals surface area contributed by atoms with E-state index in [-0.39, 0.29) is 5.91 Å². The molecule has 2 aliphatic rings. The molecule has 0 atom stereocenters. The van der Waals surface area contributed by atoms with Crippen LogP contribution in [0.25, 0.3) is 0 Å². The van der Waals surface area contributed by atoms with Crippen molar-refractivity contribution in [3.63, 3.8) is 0 Å². The zero-order valence-electron chi connectivity index (χ0n) is 16.9. The molecule has 1 heterocycles. The lowest BCUT2D eigenvalue weighted by Crippen LogP contribution is -2.40. The Kier molecular flexibility index (Phi) is 6.25. The first-order valence-corrected chi connectivity index (χ1v) is 10.3. The molecule has 1 aromatic rings. The van der Waals surface area contributed by atoms with Gasteiger partial charge in [-0.25, -0.2) is 0 Å². The summed E-state index contributed by atoms with van der Waals surface area (Å²) in [6, 6.07) is 4.36. The molecule has 0 aromatic heterocycles. The average molecular weight is 388 g/mol. The van der Waals surface area contributed by atoms with Crippen LogP contribution in [0.3, 0.4) is 0 Å². The normalized spacial score (nSPS) is 17.4. The summed E-state index contributed by atoms with van der Waals surface area (Å²) < 4.78 is 0. The lowest BCUT2D eigenvalue weighted by Gasteiger charge is -2.39. The fourth-order valence-corrected chi connectivity index (χ4v) is 4.15. The van der Waals surface area contributed by atoms with E-state index in [4.69, 9.17) is 11.6 Å². The van der Waals surface area contributed by atoms with E-state index in [0.717, 1.165) is 29.9 Å². The SMILES string of the molecule is CCN(c1cc(Cl)cc(C(=O)NCC2=C(C)CC(C)=NC2)c1C)C1CCC1. The first-order valence-electron chi connectivity index (χ1n) is 9.93. The summed E-state index contributed by atoms with van der Waals surface area (Å²) in [6.45, 7) is 10.5. The van der Waals surface area contributed by atoms with E-state index in [2.05, 4.69) is 36.0 Å². The van der Waals surface area contributed by atoms with Crippen molar-refractivity contribution in [3.8, 4) is 0 Å². The van der Waals surface area contributed by atoms with Crippen LogP contribution in [0.2, 0.25) is 5.02 Å². The molecule has 1 aromatic carbocycles. The molecule has 146 valence electrons. The number of carbonyl (C=O) groups is 1. The molecule has 0 unspecified atom stereocenters. The van der Waals surface area contributed by atoms with Crippen molar-refractivity contribution in [1.29, 1.82) is 0 Å². The smallest absolute Gasteiger partial charge is 0.251 e. The van der Waals surface area contributed by atoms with Crippen LogP contribution in [-0.2, 0) is 0 Å². The van der Waals surface area contributed by atoms with Gasteiger partial charge in [-0.05, 0) is 70.2 Å². The van der Waals surface area contributed by atoms with E-state index >= 15 is 0 Å². The molecule has 1 N–H and O–H groups in total. The van der Waals surface area contributed by atoms with E-state index < -0.39 is 0 Å². The third kappa shape index (κ3) is 4.37. The topological polar surface area (TPSA) is 44.7 Å². The Hall–Kier alpha value is -1.81. The lowest BCUT2D eigenvalue weighted by molar-refractivity contribution is 0.0956. The zero-order chi connectivity index (χ0) is 19.6. The van der Waals surface area contributed by atoms with Crippen molar-refractivity contribution in [2.24, 2.45) is 4.99 Å². The molecule has 1 aliphatic heterocycles. The maximum atomic E-state index is 12.9. The molecule has 1 saturated carbocycles. The number of dihydropyridines is 1. The Bertz CT molecular complexity index is 793. The summed E-state index contributed by atoms with van der Waals surface area (Å²) in [4.78, 5) is 19.8. The van der Waals surface area contributed by atoms with E-state index in [1.807, 2.05) is 13.0 Å². The van der Waals surface area contributed by atoms with Crippen molar-refractivity contribution in [2.45, 2.75) is 59.4 Å². The van der Waals surface area contributed by atoms with Gasteiger partial charge in [0.15, 0.2) is 0 Å². The predicted molar refractivity (Wildman–Crippen MR) is 114 cm³/mol. The predicted octanol–water partition coefficient (Wildman–Crippen LogP) is 4.94. The van der Waals surface area contributed by atoms with Crippen LogP contribution in [0, 0.1) is 6.92 Å². The van der Waals surface area contributed by atoms with Gasteiger partial charge in [0.25, 0.3) is 5.91 Å². The van der Waals surface area contributed by atoms with Gasteiger partial charge in [0.05, 0.1) is 6.54 Å². The molecule has 4 nitrogen and oxygen atoms in total. The molecule has 27 heavy (non-hydrogen) atoms. The number of anilines is 1. The van der Waals surface area contributed by atoms with Gasteiger partial charge in [-0.3, -0.25) is 9.79 Å². The molecule has 0 spiro atoms. The summed E-state index contributed by atoms with van der Waals surface area (Å²) in [5.41, 5.74) is 6.45. The van der Waals surface area contributed by atoms with Gasteiger partial charge < -0.3 is 10.2 Å². The average Bonchev–Trinajstić information content (AvgIpc) is 2.58. The number of hydrogen-bond acceptors (Lipinski definition) is 3. The van der Waals surface area contributed by atoms with Crippen LogP contribution in [0.4, 0.5) is 5.69 Å². The number of amides is 1.